The standard InChI is InChI=1S/C16H12F2N4O3S.C4H4O4/c1-20-8-10-9-22(26(23,24)13-5-4-11(7-19)25-13)15(14(10)17)12-3-2-6-21-16(12)18;5-3(6)1-2-4(7)8/h2-6,9,20H,8H2,1H3;1-2H,(H,5,6)(H,7,8). The molecule has 0 aromatic carbocycles. The first kappa shape index (κ1) is 25.9. The fraction of sp³-hybridized carbons (Fsp3) is 0.100. The monoisotopic (exact) mass is 494 g/mol. The highest BCUT2D eigenvalue weighted by Gasteiger charge is 2.30. The zero-order valence-electron chi connectivity index (χ0n) is 17.3. The second-order valence-corrected chi connectivity index (χ2v) is 7.98. The van der Waals surface area contributed by atoms with E-state index < -0.39 is 44.5 Å². The summed E-state index contributed by atoms with van der Waals surface area (Å²) in [7, 11) is -2.85. The van der Waals surface area contributed by atoms with Crippen molar-refractivity contribution in [1.82, 2.24) is 14.3 Å². The summed E-state index contributed by atoms with van der Waals surface area (Å²) in [5, 5.41) is 26.6. The van der Waals surface area contributed by atoms with E-state index in [1.807, 2.05) is 0 Å². The minimum Gasteiger partial charge on any atom is -0.478 e. The number of aromatic nitrogens is 2. The first-order valence-electron chi connectivity index (χ1n) is 9.07. The molecule has 0 unspecified atom stereocenters. The Balaban J connectivity index is 0.000000440. The minimum absolute atomic E-state index is 0.0152. The third-order valence-corrected chi connectivity index (χ3v) is 5.47. The number of pyridine rings is 1. The first-order valence-corrected chi connectivity index (χ1v) is 10.5. The van der Waals surface area contributed by atoms with Crippen LogP contribution in [-0.4, -0.2) is 46.6 Å². The number of carbonyl (C=O) groups is 2. The number of rotatable bonds is 7. The van der Waals surface area contributed by atoms with Crippen molar-refractivity contribution in [3.05, 3.63) is 71.9 Å². The second-order valence-electron chi connectivity index (χ2n) is 6.23. The molecular weight excluding hydrogens is 478 g/mol. The molecule has 3 aromatic heterocycles. The van der Waals surface area contributed by atoms with Crippen LogP contribution in [0.2, 0.25) is 0 Å². The number of hydrogen-bond acceptors (Lipinski definition) is 8. The summed E-state index contributed by atoms with van der Waals surface area (Å²) in [5.74, 6) is -4.66. The molecule has 0 spiro atoms. The fourth-order valence-electron chi connectivity index (χ4n) is 2.57. The number of nitriles is 1. The average Bonchev–Trinajstić information content (AvgIpc) is 3.40. The van der Waals surface area contributed by atoms with E-state index in [0.717, 1.165) is 12.3 Å². The quantitative estimate of drug-likeness (QED) is 0.325. The Morgan fingerprint density at radius 2 is 1.88 bits per heavy atom. The van der Waals surface area contributed by atoms with Gasteiger partial charge in [0.1, 0.15) is 11.8 Å². The Morgan fingerprint density at radius 3 is 2.38 bits per heavy atom. The van der Waals surface area contributed by atoms with Gasteiger partial charge in [-0.3, -0.25) is 0 Å². The van der Waals surface area contributed by atoms with Crippen LogP contribution in [0.5, 0.6) is 0 Å². The lowest BCUT2D eigenvalue weighted by Crippen LogP contribution is -2.13. The smallest absolute Gasteiger partial charge is 0.328 e. The highest BCUT2D eigenvalue weighted by molar-refractivity contribution is 7.89. The van der Waals surface area contributed by atoms with Crippen LogP contribution >= 0.6 is 0 Å². The molecule has 3 aromatic rings. The second kappa shape index (κ2) is 11.0. The number of furan rings is 1. The molecule has 0 saturated heterocycles. The van der Waals surface area contributed by atoms with E-state index in [1.165, 1.54) is 24.4 Å². The normalized spacial score (nSPS) is 11.0. The lowest BCUT2D eigenvalue weighted by atomic mass is 10.2. The number of halogens is 2. The molecule has 0 fully saturated rings. The van der Waals surface area contributed by atoms with Gasteiger partial charge in [0.2, 0.25) is 16.8 Å². The maximum atomic E-state index is 14.9. The number of nitrogens with zero attached hydrogens (tertiary/aromatic N) is 3. The molecule has 0 radical (unpaired) electrons. The van der Waals surface area contributed by atoms with Crippen LogP contribution in [0.25, 0.3) is 11.3 Å². The van der Waals surface area contributed by atoms with Gasteiger partial charge >= 0.3 is 22.0 Å². The molecule has 3 N–H and O–H groups in total. The Kier molecular flexibility index (Phi) is 8.37. The van der Waals surface area contributed by atoms with Gasteiger partial charge in [0.25, 0.3) is 0 Å². The van der Waals surface area contributed by atoms with Gasteiger partial charge in [-0.05, 0) is 31.3 Å². The van der Waals surface area contributed by atoms with Gasteiger partial charge in [-0.1, -0.05) is 0 Å². The number of aliphatic carboxylic acids is 2. The van der Waals surface area contributed by atoms with Gasteiger partial charge in [-0.2, -0.15) is 18.1 Å². The van der Waals surface area contributed by atoms with E-state index in [1.54, 1.807) is 13.1 Å². The van der Waals surface area contributed by atoms with Crippen LogP contribution in [0.1, 0.15) is 11.3 Å². The van der Waals surface area contributed by atoms with E-state index in [-0.39, 0.29) is 23.4 Å². The Morgan fingerprint density at radius 1 is 1.24 bits per heavy atom. The van der Waals surface area contributed by atoms with Gasteiger partial charge in [-0.25, -0.2) is 22.9 Å². The van der Waals surface area contributed by atoms with Crippen molar-refractivity contribution in [2.75, 3.05) is 7.05 Å². The van der Waals surface area contributed by atoms with Crippen LogP contribution < -0.4 is 5.32 Å². The largest absolute Gasteiger partial charge is 0.478 e. The number of carboxylic acids is 2. The average molecular weight is 494 g/mol. The van der Waals surface area contributed by atoms with Crippen molar-refractivity contribution in [3.63, 3.8) is 0 Å². The Bertz CT molecular complexity index is 1370. The zero-order chi connectivity index (χ0) is 25.5. The van der Waals surface area contributed by atoms with E-state index in [4.69, 9.17) is 19.9 Å². The zero-order valence-corrected chi connectivity index (χ0v) is 18.1. The maximum absolute atomic E-state index is 14.9. The predicted molar refractivity (Wildman–Crippen MR) is 111 cm³/mol. The third-order valence-electron chi connectivity index (χ3n) is 3.94. The van der Waals surface area contributed by atoms with E-state index in [0.29, 0.717) is 16.1 Å². The van der Waals surface area contributed by atoms with Crippen molar-refractivity contribution in [1.29, 1.82) is 5.26 Å². The van der Waals surface area contributed by atoms with E-state index in [9.17, 15) is 26.8 Å². The molecule has 178 valence electrons. The molecule has 0 saturated carbocycles. The minimum atomic E-state index is -4.41. The molecule has 34 heavy (non-hydrogen) atoms. The maximum Gasteiger partial charge on any atom is 0.328 e. The number of hydrogen-bond donors (Lipinski definition) is 3. The summed E-state index contributed by atoms with van der Waals surface area (Å²) in [6, 6.07) is 6.50. The summed E-state index contributed by atoms with van der Waals surface area (Å²) in [5.41, 5.74) is -0.805. The number of carboxylic acid groups (broad SMARTS) is 2. The summed E-state index contributed by atoms with van der Waals surface area (Å²) < 4.78 is 60.3. The lowest BCUT2D eigenvalue weighted by Gasteiger charge is -2.09. The summed E-state index contributed by atoms with van der Waals surface area (Å²) in [4.78, 5) is 22.5. The third kappa shape index (κ3) is 5.91. The SMILES string of the molecule is CNCc1cn(S(=O)(=O)c2ccc(C#N)o2)c(-c2cccnc2F)c1F.O=C(O)C=CC(=O)O. The molecule has 3 rings (SSSR count). The predicted octanol–water partition coefficient (Wildman–Crippen LogP) is 1.96. The van der Waals surface area contributed by atoms with Gasteiger partial charge in [-0.15, -0.1) is 0 Å². The van der Waals surface area contributed by atoms with Crippen molar-refractivity contribution in [2.24, 2.45) is 0 Å². The molecule has 0 amide bonds. The molecule has 0 bridgehead atoms. The molecule has 0 aliphatic carbocycles. The molecule has 11 nitrogen and oxygen atoms in total. The first-order chi connectivity index (χ1) is 16.0. The van der Waals surface area contributed by atoms with E-state index in [2.05, 4.69) is 10.3 Å². The van der Waals surface area contributed by atoms with Crippen LogP contribution in [0.4, 0.5) is 8.78 Å². The fourth-order valence-corrected chi connectivity index (χ4v) is 3.89. The molecule has 14 heteroatoms. The summed E-state index contributed by atoms with van der Waals surface area (Å²) in [6.07, 6.45) is 3.32. The Hall–Kier alpha value is -4.35. The van der Waals surface area contributed by atoms with Gasteiger partial charge < -0.3 is 19.9 Å². The van der Waals surface area contributed by atoms with Crippen molar-refractivity contribution >= 4 is 22.0 Å². The van der Waals surface area contributed by atoms with Crippen LogP contribution in [0.3, 0.4) is 0 Å². The molecule has 0 atom stereocenters. The summed E-state index contributed by atoms with van der Waals surface area (Å²) >= 11 is 0. The van der Waals surface area contributed by atoms with Crippen molar-refractivity contribution in [2.45, 2.75) is 11.6 Å². The molecular formula is C20H16F2N4O7S. The van der Waals surface area contributed by atoms with Gasteiger partial charge in [0.15, 0.2) is 5.82 Å². The van der Waals surface area contributed by atoms with Gasteiger partial charge in [0, 0.05) is 36.7 Å². The number of nitrogens with one attached hydrogen (secondary N) is 1. The Labute approximate surface area is 191 Å². The van der Waals surface area contributed by atoms with E-state index >= 15 is 0 Å². The van der Waals surface area contributed by atoms with Crippen LogP contribution in [-0.2, 0) is 26.2 Å². The topological polar surface area (TPSA) is 176 Å². The highest BCUT2D eigenvalue weighted by Crippen LogP contribution is 2.32. The lowest BCUT2D eigenvalue weighted by molar-refractivity contribution is -0.134. The van der Waals surface area contributed by atoms with Crippen molar-refractivity contribution < 1.29 is 41.4 Å². The molecule has 0 aliphatic heterocycles. The molecule has 0 aliphatic rings. The highest BCUT2D eigenvalue weighted by atomic mass is 32.2. The molecule has 3 heterocycles. The van der Waals surface area contributed by atoms with Crippen LogP contribution in [0.15, 0.2) is 58.3 Å². The summed E-state index contributed by atoms with van der Waals surface area (Å²) in [6.45, 7) is 0.0187. The van der Waals surface area contributed by atoms with Crippen LogP contribution in [0, 0.1) is 23.1 Å². The van der Waals surface area contributed by atoms with Crippen molar-refractivity contribution in [3.8, 4) is 17.3 Å². The van der Waals surface area contributed by atoms with Gasteiger partial charge in [0.05, 0.1) is 5.56 Å².